The smallest absolute Gasteiger partial charge is 0.140 e. The van der Waals surface area contributed by atoms with Gasteiger partial charge in [0, 0.05) is 22.6 Å². The number of nitrogens with one attached hydrogen (secondary N) is 1. The maximum Gasteiger partial charge on any atom is 0.140 e. The number of benzene rings is 2. The number of ether oxygens (including phenoxy) is 2. The number of rotatable bonds is 5. The molecular formula is C17H15BrFN3O2. The minimum Gasteiger partial charge on any atom is -0.497 e. The molecule has 0 amide bonds. The number of methoxy groups -OCH3 is 2. The second-order valence-corrected chi connectivity index (χ2v) is 5.86. The zero-order valence-electron chi connectivity index (χ0n) is 13.1. The van der Waals surface area contributed by atoms with Crippen LogP contribution in [0.2, 0.25) is 0 Å². The molecule has 0 fully saturated rings. The Morgan fingerprint density at radius 2 is 1.96 bits per heavy atom. The Labute approximate surface area is 147 Å². The molecular weight excluding hydrogens is 377 g/mol. The van der Waals surface area contributed by atoms with Crippen molar-refractivity contribution in [3.05, 3.63) is 52.5 Å². The van der Waals surface area contributed by atoms with E-state index >= 15 is 0 Å². The zero-order chi connectivity index (χ0) is 17.1. The first-order valence-electron chi connectivity index (χ1n) is 7.17. The number of hydrogen-bond acceptors (Lipinski definition) is 5. The lowest BCUT2D eigenvalue weighted by molar-refractivity contribution is 0.391. The summed E-state index contributed by atoms with van der Waals surface area (Å²) in [4.78, 5) is 8.30. The van der Waals surface area contributed by atoms with Gasteiger partial charge >= 0.3 is 0 Å². The third-order valence-corrected chi connectivity index (χ3v) is 4.27. The highest BCUT2D eigenvalue weighted by molar-refractivity contribution is 9.10. The van der Waals surface area contributed by atoms with Gasteiger partial charge in [-0.05, 0) is 40.2 Å². The van der Waals surface area contributed by atoms with E-state index < -0.39 is 0 Å². The molecule has 0 bridgehead atoms. The predicted molar refractivity (Wildman–Crippen MR) is 94.1 cm³/mol. The van der Waals surface area contributed by atoms with E-state index in [0.717, 1.165) is 5.56 Å². The second kappa shape index (κ2) is 7.00. The zero-order valence-corrected chi connectivity index (χ0v) is 14.7. The fraction of sp³-hybridized carbons (Fsp3) is 0.176. The highest BCUT2D eigenvalue weighted by Gasteiger charge is 2.12. The minimum atomic E-state index is -0.377. The van der Waals surface area contributed by atoms with Gasteiger partial charge in [-0.3, -0.25) is 0 Å². The van der Waals surface area contributed by atoms with E-state index in [1.165, 1.54) is 12.4 Å². The Bertz CT molecular complexity index is 889. The molecule has 7 heteroatoms. The first kappa shape index (κ1) is 16.4. The summed E-state index contributed by atoms with van der Waals surface area (Å²) in [6, 6.07) is 8.54. The monoisotopic (exact) mass is 391 g/mol. The average Bonchev–Trinajstić information content (AvgIpc) is 2.62. The van der Waals surface area contributed by atoms with Crippen LogP contribution in [0.25, 0.3) is 10.9 Å². The Morgan fingerprint density at radius 3 is 2.71 bits per heavy atom. The van der Waals surface area contributed by atoms with Crippen LogP contribution in [0, 0.1) is 5.82 Å². The summed E-state index contributed by atoms with van der Waals surface area (Å²) in [5.41, 5.74) is 1.43. The van der Waals surface area contributed by atoms with Gasteiger partial charge in [-0.25, -0.2) is 14.4 Å². The maximum atomic E-state index is 14.2. The van der Waals surface area contributed by atoms with Crippen LogP contribution in [-0.2, 0) is 6.54 Å². The standard InChI is InChI=1S/C17H15BrFN3O2/c1-23-11-4-3-10(14(7-11)24-2)8-20-17-15-13(19)6-5-12(18)16(15)21-9-22-17/h3-7,9H,8H2,1-2H3,(H,20,21,22). The number of halogens is 2. The molecule has 124 valence electrons. The fourth-order valence-corrected chi connectivity index (χ4v) is 2.85. The molecule has 5 nitrogen and oxygen atoms in total. The molecule has 24 heavy (non-hydrogen) atoms. The number of nitrogens with zero attached hydrogens (tertiary/aromatic N) is 2. The number of aromatic nitrogens is 2. The molecule has 0 radical (unpaired) electrons. The van der Waals surface area contributed by atoms with Crippen LogP contribution in [0.15, 0.2) is 41.1 Å². The van der Waals surface area contributed by atoms with Crippen LogP contribution in [-0.4, -0.2) is 24.2 Å². The van der Waals surface area contributed by atoms with Gasteiger partial charge < -0.3 is 14.8 Å². The summed E-state index contributed by atoms with van der Waals surface area (Å²) >= 11 is 3.38. The molecule has 3 rings (SSSR count). The normalized spacial score (nSPS) is 10.7. The second-order valence-electron chi connectivity index (χ2n) is 5.01. The van der Waals surface area contributed by atoms with Gasteiger partial charge in [0.25, 0.3) is 0 Å². The van der Waals surface area contributed by atoms with Crippen molar-refractivity contribution >= 4 is 32.7 Å². The topological polar surface area (TPSA) is 56.3 Å². The first-order valence-corrected chi connectivity index (χ1v) is 7.97. The van der Waals surface area contributed by atoms with Gasteiger partial charge in [-0.1, -0.05) is 0 Å². The van der Waals surface area contributed by atoms with Gasteiger partial charge in [-0.15, -0.1) is 0 Å². The van der Waals surface area contributed by atoms with Crippen molar-refractivity contribution in [3.63, 3.8) is 0 Å². The van der Waals surface area contributed by atoms with Crippen molar-refractivity contribution in [2.75, 3.05) is 19.5 Å². The molecule has 0 saturated heterocycles. The molecule has 0 atom stereocenters. The number of fused-ring (bicyclic) bond motifs is 1. The van der Waals surface area contributed by atoms with Crippen LogP contribution in [0.3, 0.4) is 0 Å². The van der Waals surface area contributed by atoms with Gasteiger partial charge in [0.05, 0.1) is 25.1 Å². The number of anilines is 1. The lowest BCUT2D eigenvalue weighted by Gasteiger charge is -2.13. The molecule has 0 aliphatic carbocycles. The van der Waals surface area contributed by atoms with Crippen LogP contribution >= 0.6 is 15.9 Å². The lowest BCUT2D eigenvalue weighted by atomic mass is 10.1. The Hall–Kier alpha value is -2.41. The van der Waals surface area contributed by atoms with Crippen LogP contribution in [0.1, 0.15) is 5.56 Å². The molecule has 0 spiro atoms. The van der Waals surface area contributed by atoms with Gasteiger partial charge in [0.1, 0.15) is 29.5 Å². The highest BCUT2D eigenvalue weighted by atomic mass is 79.9. The van der Waals surface area contributed by atoms with Gasteiger partial charge in [0.2, 0.25) is 0 Å². The fourth-order valence-electron chi connectivity index (χ4n) is 2.41. The third kappa shape index (κ3) is 3.12. The van der Waals surface area contributed by atoms with E-state index in [9.17, 15) is 4.39 Å². The Balaban J connectivity index is 1.93. The van der Waals surface area contributed by atoms with Gasteiger partial charge in [0.15, 0.2) is 0 Å². The molecule has 2 aromatic carbocycles. The maximum absolute atomic E-state index is 14.2. The summed E-state index contributed by atoms with van der Waals surface area (Å²) in [6.45, 7) is 0.422. The van der Waals surface area contributed by atoms with E-state index in [4.69, 9.17) is 9.47 Å². The molecule has 0 unspecified atom stereocenters. The molecule has 0 aliphatic rings. The molecule has 1 N–H and O–H groups in total. The molecule has 3 aromatic rings. The third-order valence-electron chi connectivity index (χ3n) is 3.63. The van der Waals surface area contributed by atoms with Crippen LogP contribution in [0.5, 0.6) is 11.5 Å². The van der Waals surface area contributed by atoms with Crippen molar-refractivity contribution in [2.24, 2.45) is 0 Å². The summed E-state index contributed by atoms with van der Waals surface area (Å²) in [5.74, 6) is 1.44. The molecule has 1 heterocycles. The van der Waals surface area contributed by atoms with Crippen molar-refractivity contribution in [1.82, 2.24) is 9.97 Å². The molecule has 0 saturated carbocycles. The number of hydrogen-bond donors (Lipinski definition) is 1. The Morgan fingerprint density at radius 1 is 1.12 bits per heavy atom. The van der Waals surface area contributed by atoms with Crippen molar-refractivity contribution < 1.29 is 13.9 Å². The lowest BCUT2D eigenvalue weighted by Crippen LogP contribution is -2.05. The van der Waals surface area contributed by atoms with Crippen LogP contribution < -0.4 is 14.8 Å². The summed E-state index contributed by atoms with van der Waals surface area (Å²) in [6.07, 6.45) is 1.40. The van der Waals surface area contributed by atoms with E-state index in [0.29, 0.717) is 39.2 Å². The van der Waals surface area contributed by atoms with Gasteiger partial charge in [-0.2, -0.15) is 0 Å². The molecule has 0 aliphatic heterocycles. The summed E-state index contributed by atoms with van der Waals surface area (Å²) in [7, 11) is 3.19. The summed E-state index contributed by atoms with van der Waals surface area (Å²) < 4.78 is 25.5. The largest absolute Gasteiger partial charge is 0.497 e. The van der Waals surface area contributed by atoms with E-state index in [2.05, 4.69) is 31.2 Å². The average molecular weight is 392 g/mol. The van der Waals surface area contributed by atoms with E-state index in [-0.39, 0.29) is 5.82 Å². The first-order chi connectivity index (χ1) is 11.6. The van der Waals surface area contributed by atoms with E-state index in [1.807, 2.05) is 12.1 Å². The quantitative estimate of drug-likeness (QED) is 0.707. The van der Waals surface area contributed by atoms with Crippen molar-refractivity contribution in [2.45, 2.75) is 6.54 Å². The van der Waals surface area contributed by atoms with Crippen molar-refractivity contribution in [3.8, 4) is 11.5 Å². The van der Waals surface area contributed by atoms with Crippen LogP contribution in [0.4, 0.5) is 10.2 Å². The highest BCUT2D eigenvalue weighted by Crippen LogP contribution is 2.30. The molecule has 1 aromatic heterocycles. The summed E-state index contributed by atoms with van der Waals surface area (Å²) in [5, 5.41) is 3.50. The Kier molecular flexibility index (Phi) is 4.80. The minimum absolute atomic E-state index is 0.347. The SMILES string of the molecule is COc1ccc(CNc2ncnc3c(Br)ccc(F)c23)c(OC)c1. The van der Waals surface area contributed by atoms with Crippen molar-refractivity contribution in [1.29, 1.82) is 0 Å². The predicted octanol–water partition coefficient (Wildman–Crippen LogP) is 4.16. The van der Waals surface area contributed by atoms with E-state index in [1.54, 1.807) is 26.4 Å².